The van der Waals surface area contributed by atoms with Crippen molar-refractivity contribution < 1.29 is 14.7 Å². The Labute approximate surface area is 121 Å². The zero-order valence-corrected chi connectivity index (χ0v) is 12.6. The molecule has 0 radical (unpaired) electrons. The van der Waals surface area contributed by atoms with Crippen molar-refractivity contribution in [1.29, 1.82) is 0 Å². The second-order valence-corrected chi connectivity index (χ2v) is 5.61. The van der Waals surface area contributed by atoms with Gasteiger partial charge in [-0.05, 0) is 39.3 Å². The predicted molar refractivity (Wildman–Crippen MR) is 77.8 cm³/mol. The number of aliphatic carboxylic acids is 1. The normalized spacial score (nSPS) is 19.6. The fourth-order valence-electron chi connectivity index (χ4n) is 2.52. The third-order valence-electron chi connectivity index (χ3n) is 3.81. The van der Waals surface area contributed by atoms with Crippen LogP contribution in [0.5, 0.6) is 0 Å². The van der Waals surface area contributed by atoms with Crippen molar-refractivity contribution in [1.82, 2.24) is 15.1 Å². The van der Waals surface area contributed by atoms with Crippen LogP contribution in [0.4, 0.5) is 4.79 Å². The van der Waals surface area contributed by atoms with Gasteiger partial charge in [-0.3, -0.25) is 4.79 Å². The molecule has 0 aliphatic carbocycles. The van der Waals surface area contributed by atoms with Crippen LogP contribution in [0, 0.1) is 0 Å². The third kappa shape index (κ3) is 6.23. The number of likely N-dealkylation sites (tertiary alicyclic amines) is 1. The van der Waals surface area contributed by atoms with Crippen molar-refractivity contribution in [2.75, 3.05) is 33.7 Å². The number of hydrogen-bond donors (Lipinski definition) is 2. The summed E-state index contributed by atoms with van der Waals surface area (Å²) in [6, 6.07) is 0.268. The number of urea groups is 1. The summed E-state index contributed by atoms with van der Waals surface area (Å²) in [6.45, 7) is 2.66. The van der Waals surface area contributed by atoms with Crippen molar-refractivity contribution >= 4 is 12.0 Å². The van der Waals surface area contributed by atoms with Crippen molar-refractivity contribution in [2.24, 2.45) is 0 Å². The molecule has 1 unspecified atom stereocenters. The number of rotatable bonds is 7. The van der Waals surface area contributed by atoms with Crippen molar-refractivity contribution in [2.45, 2.75) is 44.6 Å². The molecule has 116 valence electrons. The number of unbranched alkanes of at least 4 members (excludes halogenated alkanes) is 2. The molecule has 0 aromatic rings. The minimum atomic E-state index is -0.754. The maximum atomic E-state index is 12.0. The smallest absolute Gasteiger partial charge is 0.317 e. The summed E-state index contributed by atoms with van der Waals surface area (Å²) in [5, 5.41) is 11.4. The monoisotopic (exact) mass is 285 g/mol. The Bertz CT molecular complexity index is 323. The Balaban J connectivity index is 2.13. The van der Waals surface area contributed by atoms with E-state index < -0.39 is 5.97 Å². The molecule has 0 saturated carbocycles. The molecule has 6 nitrogen and oxygen atoms in total. The van der Waals surface area contributed by atoms with Crippen LogP contribution in [0.1, 0.15) is 38.5 Å². The summed E-state index contributed by atoms with van der Waals surface area (Å²) < 4.78 is 0. The third-order valence-corrected chi connectivity index (χ3v) is 3.81. The number of hydrogen-bond acceptors (Lipinski definition) is 3. The first-order valence-electron chi connectivity index (χ1n) is 7.41. The van der Waals surface area contributed by atoms with E-state index in [4.69, 9.17) is 5.11 Å². The van der Waals surface area contributed by atoms with Crippen molar-refractivity contribution in [3.63, 3.8) is 0 Å². The van der Waals surface area contributed by atoms with Crippen molar-refractivity contribution in [3.05, 3.63) is 0 Å². The van der Waals surface area contributed by atoms with Crippen LogP contribution in [0.25, 0.3) is 0 Å². The van der Waals surface area contributed by atoms with Gasteiger partial charge in [-0.25, -0.2) is 4.79 Å². The van der Waals surface area contributed by atoms with E-state index in [0.29, 0.717) is 19.0 Å². The van der Waals surface area contributed by atoms with Gasteiger partial charge in [0.05, 0.1) is 0 Å². The quantitative estimate of drug-likeness (QED) is 0.693. The molecular formula is C14H27N3O3. The molecule has 2 N–H and O–H groups in total. The summed E-state index contributed by atoms with van der Waals surface area (Å²) >= 11 is 0. The van der Waals surface area contributed by atoms with Gasteiger partial charge in [-0.1, -0.05) is 6.42 Å². The lowest BCUT2D eigenvalue weighted by Crippen LogP contribution is -2.50. The first-order valence-corrected chi connectivity index (χ1v) is 7.41. The molecule has 1 saturated heterocycles. The van der Waals surface area contributed by atoms with E-state index in [9.17, 15) is 9.59 Å². The van der Waals surface area contributed by atoms with Crippen LogP contribution in [-0.4, -0.2) is 66.7 Å². The van der Waals surface area contributed by atoms with E-state index in [0.717, 1.165) is 38.8 Å². The Morgan fingerprint density at radius 1 is 1.35 bits per heavy atom. The van der Waals surface area contributed by atoms with Gasteiger partial charge in [0.25, 0.3) is 0 Å². The maximum Gasteiger partial charge on any atom is 0.317 e. The number of nitrogens with one attached hydrogen (secondary N) is 1. The molecule has 0 aromatic heterocycles. The lowest BCUT2D eigenvalue weighted by molar-refractivity contribution is -0.137. The Morgan fingerprint density at radius 2 is 2.10 bits per heavy atom. The highest BCUT2D eigenvalue weighted by Crippen LogP contribution is 2.13. The average Bonchev–Trinajstić information content (AvgIpc) is 2.41. The zero-order chi connectivity index (χ0) is 15.0. The van der Waals surface area contributed by atoms with E-state index >= 15 is 0 Å². The summed E-state index contributed by atoms with van der Waals surface area (Å²) in [5.74, 6) is -0.754. The van der Waals surface area contributed by atoms with E-state index in [1.165, 1.54) is 0 Å². The number of nitrogens with zero attached hydrogens (tertiary/aromatic N) is 2. The van der Waals surface area contributed by atoms with Crippen LogP contribution in [0.15, 0.2) is 0 Å². The first kappa shape index (κ1) is 16.8. The van der Waals surface area contributed by atoms with E-state index in [-0.39, 0.29) is 12.5 Å². The largest absolute Gasteiger partial charge is 0.481 e. The first-order chi connectivity index (χ1) is 9.50. The number of amides is 2. The van der Waals surface area contributed by atoms with Crippen LogP contribution < -0.4 is 5.32 Å². The van der Waals surface area contributed by atoms with Gasteiger partial charge in [-0.2, -0.15) is 0 Å². The second kappa shape index (κ2) is 8.79. The molecule has 0 bridgehead atoms. The lowest BCUT2D eigenvalue weighted by atomic mass is 10.1. The average molecular weight is 285 g/mol. The standard InChI is InChI=1S/C14H27N3O3/c1-16-10-6-7-12(11-16)17(2)14(20)15-9-5-3-4-8-13(18)19/h12H,3-11H2,1-2H3,(H,15,20)(H,18,19). The number of carbonyl (C=O) groups is 2. The number of carboxylic acid groups (broad SMARTS) is 1. The van der Waals surface area contributed by atoms with Gasteiger partial charge in [0.1, 0.15) is 0 Å². The van der Waals surface area contributed by atoms with Crippen molar-refractivity contribution in [3.8, 4) is 0 Å². The molecule has 1 atom stereocenters. The summed E-state index contributed by atoms with van der Waals surface area (Å²) in [5.41, 5.74) is 0. The number of likely N-dealkylation sites (N-methyl/N-ethyl adjacent to an activating group) is 2. The minimum absolute atomic E-state index is 0.0245. The van der Waals surface area contributed by atoms with Gasteiger partial charge in [0.2, 0.25) is 0 Å². The Kier molecular flexibility index (Phi) is 7.36. The van der Waals surface area contributed by atoms with Gasteiger partial charge < -0.3 is 20.2 Å². The Morgan fingerprint density at radius 3 is 2.75 bits per heavy atom. The highest BCUT2D eigenvalue weighted by molar-refractivity contribution is 5.74. The van der Waals surface area contributed by atoms with Crippen LogP contribution in [-0.2, 0) is 4.79 Å². The van der Waals surface area contributed by atoms with Gasteiger partial charge in [0.15, 0.2) is 0 Å². The Hall–Kier alpha value is -1.30. The molecule has 1 aliphatic rings. The molecular weight excluding hydrogens is 258 g/mol. The predicted octanol–water partition coefficient (Wildman–Crippen LogP) is 1.37. The molecule has 20 heavy (non-hydrogen) atoms. The minimum Gasteiger partial charge on any atom is -0.481 e. The molecule has 2 amide bonds. The summed E-state index contributed by atoms with van der Waals surface area (Å²) in [4.78, 5) is 26.4. The van der Waals surface area contributed by atoms with E-state index in [1.54, 1.807) is 4.90 Å². The SMILES string of the molecule is CN1CCCC(N(C)C(=O)NCCCCCC(=O)O)C1. The zero-order valence-electron chi connectivity index (χ0n) is 12.6. The number of carboxylic acids is 1. The topological polar surface area (TPSA) is 72.9 Å². The van der Waals surface area contributed by atoms with Gasteiger partial charge in [0, 0.05) is 32.6 Å². The number of piperidine rings is 1. The highest BCUT2D eigenvalue weighted by atomic mass is 16.4. The molecule has 0 aromatic carbocycles. The number of carbonyl (C=O) groups excluding carboxylic acids is 1. The lowest BCUT2D eigenvalue weighted by Gasteiger charge is -2.35. The second-order valence-electron chi connectivity index (χ2n) is 5.61. The maximum absolute atomic E-state index is 12.0. The van der Waals surface area contributed by atoms with E-state index in [2.05, 4.69) is 17.3 Å². The molecule has 1 rings (SSSR count). The molecule has 6 heteroatoms. The fraction of sp³-hybridized carbons (Fsp3) is 0.857. The van der Waals surface area contributed by atoms with Crippen LogP contribution >= 0.6 is 0 Å². The van der Waals surface area contributed by atoms with Gasteiger partial charge in [-0.15, -0.1) is 0 Å². The molecule has 0 spiro atoms. The van der Waals surface area contributed by atoms with Gasteiger partial charge >= 0.3 is 12.0 Å². The summed E-state index contributed by atoms with van der Waals surface area (Å²) in [6.07, 6.45) is 4.75. The van der Waals surface area contributed by atoms with E-state index in [1.807, 2.05) is 7.05 Å². The van der Waals surface area contributed by atoms with Crippen LogP contribution in [0.2, 0.25) is 0 Å². The molecule has 1 heterocycles. The molecule has 1 aliphatic heterocycles. The highest BCUT2D eigenvalue weighted by Gasteiger charge is 2.23. The fourth-order valence-corrected chi connectivity index (χ4v) is 2.52. The van der Waals surface area contributed by atoms with Crippen LogP contribution in [0.3, 0.4) is 0 Å². The molecule has 1 fully saturated rings. The summed E-state index contributed by atoms with van der Waals surface area (Å²) in [7, 11) is 3.93.